The van der Waals surface area contributed by atoms with Crippen molar-refractivity contribution < 1.29 is 9.53 Å². The number of amides is 1. The highest BCUT2D eigenvalue weighted by Crippen LogP contribution is 2.11. The van der Waals surface area contributed by atoms with Crippen molar-refractivity contribution in [2.75, 3.05) is 26.3 Å². The van der Waals surface area contributed by atoms with Gasteiger partial charge in [-0.3, -0.25) is 10.2 Å². The molecule has 1 aromatic carbocycles. The van der Waals surface area contributed by atoms with E-state index >= 15 is 0 Å². The monoisotopic (exact) mass is 310 g/mol. The van der Waals surface area contributed by atoms with Crippen LogP contribution in [-0.4, -0.2) is 37.2 Å². The van der Waals surface area contributed by atoms with E-state index in [0.717, 1.165) is 23.1 Å². The van der Waals surface area contributed by atoms with Gasteiger partial charge in [0.15, 0.2) is 0 Å². The van der Waals surface area contributed by atoms with Crippen LogP contribution in [0.1, 0.15) is 5.56 Å². The van der Waals surface area contributed by atoms with Gasteiger partial charge in [-0.05, 0) is 23.8 Å². The molecule has 96 valence electrons. The molecule has 0 atom stereocenters. The Bertz CT molecular complexity index is 425. The number of benzene rings is 1. The number of morpholine rings is 1. The van der Waals surface area contributed by atoms with Gasteiger partial charge in [-0.25, -0.2) is 5.01 Å². The number of ether oxygens (including phenoxy) is 1. The summed E-state index contributed by atoms with van der Waals surface area (Å²) in [5.41, 5.74) is 3.81. The minimum absolute atomic E-state index is 0.111. The molecule has 0 radical (unpaired) electrons. The van der Waals surface area contributed by atoms with Crippen molar-refractivity contribution in [3.8, 4) is 0 Å². The normalized spacial score (nSPS) is 16.9. The molecule has 0 aliphatic carbocycles. The van der Waals surface area contributed by atoms with Gasteiger partial charge in [-0.15, -0.1) is 0 Å². The van der Waals surface area contributed by atoms with E-state index in [4.69, 9.17) is 4.74 Å². The summed E-state index contributed by atoms with van der Waals surface area (Å²) in [6, 6.07) is 7.78. The average Bonchev–Trinajstić information content (AvgIpc) is 2.39. The Morgan fingerprint density at radius 2 is 1.94 bits per heavy atom. The van der Waals surface area contributed by atoms with Gasteiger partial charge in [0, 0.05) is 23.6 Å². The maximum absolute atomic E-state index is 11.7. The molecular formula is C13H15BrN2O2. The van der Waals surface area contributed by atoms with Gasteiger partial charge in [0.2, 0.25) is 0 Å². The van der Waals surface area contributed by atoms with Crippen LogP contribution in [0.2, 0.25) is 0 Å². The first kappa shape index (κ1) is 13.3. The zero-order valence-electron chi connectivity index (χ0n) is 9.93. The number of hydrazine groups is 1. The lowest BCUT2D eigenvalue weighted by molar-refractivity contribution is -0.123. The van der Waals surface area contributed by atoms with E-state index in [-0.39, 0.29) is 5.91 Å². The third kappa shape index (κ3) is 4.25. The third-order valence-corrected chi connectivity index (χ3v) is 3.11. The second-order valence-electron chi connectivity index (χ2n) is 3.96. The number of halogens is 1. The Balaban J connectivity index is 1.84. The van der Waals surface area contributed by atoms with Gasteiger partial charge in [-0.1, -0.05) is 28.1 Å². The molecule has 1 fully saturated rings. The Hall–Kier alpha value is -1.17. The number of nitrogens with zero attached hydrogens (tertiary/aromatic N) is 1. The van der Waals surface area contributed by atoms with E-state index in [1.165, 1.54) is 0 Å². The van der Waals surface area contributed by atoms with E-state index in [2.05, 4.69) is 21.4 Å². The molecule has 1 aliphatic rings. The molecule has 1 amide bonds. The molecule has 0 bridgehead atoms. The molecule has 1 aliphatic heterocycles. The van der Waals surface area contributed by atoms with Gasteiger partial charge in [0.25, 0.3) is 5.91 Å². The number of carbonyl (C=O) groups is 1. The Labute approximate surface area is 115 Å². The molecule has 1 aromatic rings. The minimum atomic E-state index is -0.111. The SMILES string of the molecule is O=C(C=Cc1ccc(Br)cc1)NN1CCOCC1. The summed E-state index contributed by atoms with van der Waals surface area (Å²) in [5, 5.41) is 1.87. The Morgan fingerprint density at radius 1 is 1.28 bits per heavy atom. The third-order valence-electron chi connectivity index (χ3n) is 2.58. The van der Waals surface area contributed by atoms with Gasteiger partial charge in [0.1, 0.15) is 0 Å². The molecule has 4 nitrogen and oxygen atoms in total. The summed E-state index contributed by atoms with van der Waals surface area (Å²) in [6.45, 7) is 2.79. The smallest absolute Gasteiger partial charge is 0.258 e. The van der Waals surface area contributed by atoms with E-state index < -0.39 is 0 Å². The fourth-order valence-corrected chi connectivity index (χ4v) is 1.88. The molecule has 1 N–H and O–H groups in total. The van der Waals surface area contributed by atoms with Crippen LogP contribution in [0, 0.1) is 0 Å². The molecule has 1 heterocycles. The number of hydrogen-bond donors (Lipinski definition) is 1. The fourth-order valence-electron chi connectivity index (χ4n) is 1.61. The molecule has 0 spiro atoms. The van der Waals surface area contributed by atoms with Crippen molar-refractivity contribution in [3.63, 3.8) is 0 Å². The zero-order valence-corrected chi connectivity index (χ0v) is 11.5. The summed E-state index contributed by atoms with van der Waals surface area (Å²) in [7, 11) is 0. The topological polar surface area (TPSA) is 41.6 Å². The summed E-state index contributed by atoms with van der Waals surface area (Å²) in [4.78, 5) is 11.7. The van der Waals surface area contributed by atoms with Crippen molar-refractivity contribution in [1.82, 2.24) is 10.4 Å². The van der Waals surface area contributed by atoms with Crippen LogP contribution < -0.4 is 5.43 Å². The quantitative estimate of drug-likeness (QED) is 0.866. The minimum Gasteiger partial charge on any atom is -0.379 e. The number of carbonyl (C=O) groups excluding carboxylic acids is 1. The van der Waals surface area contributed by atoms with Crippen LogP contribution in [0.3, 0.4) is 0 Å². The maximum Gasteiger partial charge on any atom is 0.258 e. The molecule has 0 saturated carbocycles. The van der Waals surface area contributed by atoms with Crippen LogP contribution in [0.25, 0.3) is 6.08 Å². The Kier molecular flexibility index (Phi) is 4.92. The standard InChI is InChI=1S/C13H15BrN2O2/c14-12-4-1-11(2-5-12)3-6-13(17)15-16-7-9-18-10-8-16/h1-6H,7-10H2,(H,15,17). The molecule has 0 unspecified atom stereocenters. The Morgan fingerprint density at radius 3 is 2.61 bits per heavy atom. The first-order valence-electron chi connectivity index (χ1n) is 5.81. The van der Waals surface area contributed by atoms with Crippen molar-refractivity contribution in [2.45, 2.75) is 0 Å². The van der Waals surface area contributed by atoms with Crippen molar-refractivity contribution in [1.29, 1.82) is 0 Å². The van der Waals surface area contributed by atoms with Crippen LogP contribution in [0.15, 0.2) is 34.8 Å². The molecule has 5 heteroatoms. The van der Waals surface area contributed by atoms with E-state index in [1.54, 1.807) is 12.2 Å². The van der Waals surface area contributed by atoms with Crippen LogP contribution >= 0.6 is 15.9 Å². The lowest BCUT2D eigenvalue weighted by Crippen LogP contribution is -2.47. The highest BCUT2D eigenvalue weighted by atomic mass is 79.9. The first-order chi connectivity index (χ1) is 8.74. The highest BCUT2D eigenvalue weighted by molar-refractivity contribution is 9.10. The predicted octanol–water partition coefficient (Wildman–Crippen LogP) is 1.83. The fraction of sp³-hybridized carbons (Fsp3) is 0.308. The second kappa shape index (κ2) is 6.68. The first-order valence-corrected chi connectivity index (χ1v) is 6.60. The lowest BCUT2D eigenvalue weighted by Gasteiger charge is -2.26. The van der Waals surface area contributed by atoms with Crippen molar-refractivity contribution in [2.24, 2.45) is 0 Å². The van der Waals surface area contributed by atoms with Crippen LogP contribution in [0.5, 0.6) is 0 Å². The lowest BCUT2D eigenvalue weighted by atomic mass is 10.2. The zero-order chi connectivity index (χ0) is 12.8. The van der Waals surface area contributed by atoms with Gasteiger partial charge < -0.3 is 4.74 Å². The van der Waals surface area contributed by atoms with E-state index in [0.29, 0.717) is 13.2 Å². The van der Waals surface area contributed by atoms with Crippen LogP contribution in [0.4, 0.5) is 0 Å². The molecule has 2 rings (SSSR count). The van der Waals surface area contributed by atoms with E-state index in [1.807, 2.05) is 29.3 Å². The predicted molar refractivity (Wildman–Crippen MR) is 73.7 cm³/mol. The maximum atomic E-state index is 11.7. The largest absolute Gasteiger partial charge is 0.379 e. The van der Waals surface area contributed by atoms with Gasteiger partial charge >= 0.3 is 0 Å². The molecule has 1 saturated heterocycles. The summed E-state index contributed by atoms with van der Waals surface area (Å²) in [6.07, 6.45) is 3.33. The van der Waals surface area contributed by atoms with Crippen LogP contribution in [-0.2, 0) is 9.53 Å². The summed E-state index contributed by atoms with van der Waals surface area (Å²) in [5.74, 6) is -0.111. The number of hydrogen-bond acceptors (Lipinski definition) is 3. The number of nitrogens with one attached hydrogen (secondary N) is 1. The van der Waals surface area contributed by atoms with Crippen molar-refractivity contribution in [3.05, 3.63) is 40.4 Å². The molecule has 18 heavy (non-hydrogen) atoms. The van der Waals surface area contributed by atoms with Gasteiger partial charge in [-0.2, -0.15) is 0 Å². The van der Waals surface area contributed by atoms with E-state index in [9.17, 15) is 4.79 Å². The molecular weight excluding hydrogens is 296 g/mol. The summed E-state index contributed by atoms with van der Waals surface area (Å²) >= 11 is 3.37. The average molecular weight is 311 g/mol. The second-order valence-corrected chi connectivity index (χ2v) is 4.88. The molecule has 0 aromatic heterocycles. The summed E-state index contributed by atoms with van der Waals surface area (Å²) < 4.78 is 6.23. The van der Waals surface area contributed by atoms with Crippen molar-refractivity contribution >= 4 is 27.9 Å². The van der Waals surface area contributed by atoms with Gasteiger partial charge in [0.05, 0.1) is 13.2 Å². The number of rotatable bonds is 3. The highest BCUT2D eigenvalue weighted by Gasteiger charge is 2.10.